The van der Waals surface area contributed by atoms with Gasteiger partial charge in [-0.1, -0.05) is 0 Å². The van der Waals surface area contributed by atoms with Crippen LogP contribution in [0, 0.1) is 5.92 Å². The molecule has 6 heteroatoms. The molecule has 1 aliphatic rings. The van der Waals surface area contributed by atoms with Crippen molar-refractivity contribution < 1.29 is 14.7 Å². The number of amides is 2. The number of nitrogens with one attached hydrogen (secondary N) is 2. The van der Waals surface area contributed by atoms with Crippen molar-refractivity contribution in [3.05, 3.63) is 0 Å². The number of hydrogen-bond donors (Lipinski definition) is 3. The Hall–Kier alpha value is -1.30. The monoisotopic (exact) mass is 243 g/mol. The first-order valence-corrected chi connectivity index (χ1v) is 5.99. The van der Waals surface area contributed by atoms with Crippen molar-refractivity contribution in [2.75, 3.05) is 26.7 Å². The SMILES string of the molecule is CNCCCNC(=O)N1CCC(C(=O)O)C1C. The number of likely N-dealkylation sites (tertiary alicyclic amines) is 1. The molecule has 1 aliphatic heterocycles. The van der Waals surface area contributed by atoms with Gasteiger partial charge in [0.25, 0.3) is 0 Å². The molecule has 1 rings (SSSR count). The van der Waals surface area contributed by atoms with Gasteiger partial charge in [0.2, 0.25) is 0 Å². The van der Waals surface area contributed by atoms with Gasteiger partial charge in [0.15, 0.2) is 0 Å². The van der Waals surface area contributed by atoms with Crippen molar-refractivity contribution in [2.45, 2.75) is 25.8 Å². The summed E-state index contributed by atoms with van der Waals surface area (Å²) in [5.74, 6) is -1.25. The number of urea groups is 1. The molecule has 0 aromatic carbocycles. The van der Waals surface area contributed by atoms with Crippen LogP contribution in [0.25, 0.3) is 0 Å². The second-order valence-corrected chi connectivity index (χ2v) is 4.36. The molecule has 0 saturated carbocycles. The summed E-state index contributed by atoms with van der Waals surface area (Å²) in [5.41, 5.74) is 0. The van der Waals surface area contributed by atoms with Gasteiger partial charge >= 0.3 is 12.0 Å². The Labute approximate surface area is 101 Å². The highest BCUT2D eigenvalue weighted by Gasteiger charge is 2.37. The number of aliphatic carboxylic acids is 1. The molecule has 0 aromatic rings. The Bertz CT molecular complexity index is 283. The summed E-state index contributed by atoms with van der Waals surface area (Å²) < 4.78 is 0. The molecule has 2 atom stereocenters. The summed E-state index contributed by atoms with van der Waals surface area (Å²) in [4.78, 5) is 24.3. The van der Waals surface area contributed by atoms with Crippen molar-refractivity contribution in [1.82, 2.24) is 15.5 Å². The minimum atomic E-state index is -0.817. The van der Waals surface area contributed by atoms with Crippen molar-refractivity contribution in [1.29, 1.82) is 0 Å². The fourth-order valence-corrected chi connectivity index (χ4v) is 2.12. The van der Waals surface area contributed by atoms with Crippen LogP contribution >= 0.6 is 0 Å². The van der Waals surface area contributed by atoms with Gasteiger partial charge < -0.3 is 20.6 Å². The summed E-state index contributed by atoms with van der Waals surface area (Å²) in [6.07, 6.45) is 1.41. The Balaban J connectivity index is 2.35. The third-order valence-corrected chi connectivity index (χ3v) is 3.21. The van der Waals surface area contributed by atoms with E-state index in [1.165, 1.54) is 0 Å². The largest absolute Gasteiger partial charge is 0.481 e. The number of carboxylic acid groups (broad SMARTS) is 1. The lowest BCUT2D eigenvalue weighted by atomic mass is 10.0. The molecule has 1 fully saturated rings. The van der Waals surface area contributed by atoms with Gasteiger partial charge in [0.1, 0.15) is 0 Å². The molecule has 0 aromatic heterocycles. The average molecular weight is 243 g/mol. The van der Waals surface area contributed by atoms with Crippen LogP contribution in [0.1, 0.15) is 19.8 Å². The molecular formula is C11H21N3O3. The minimum absolute atomic E-state index is 0.155. The zero-order chi connectivity index (χ0) is 12.8. The van der Waals surface area contributed by atoms with E-state index in [-0.39, 0.29) is 12.1 Å². The maximum atomic E-state index is 11.8. The molecule has 0 bridgehead atoms. The van der Waals surface area contributed by atoms with Crippen LogP contribution < -0.4 is 10.6 Å². The first kappa shape index (κ1) is 13.8. The van der Waals surface area contributed by atoms with Gasteiger partial charge in [-0.15, -0.1) is 0 Å². The van der Waals surface area contributed by atoms with Crippen LogP contribution in [-0.4, -0.2) is 54.7 Å². The highest BCUT2D eigenvalue weighted by molar-refractivity contribution is 5.78. The zero-order valence-electron chi connectivity index (χ0n) is 10.4. The first-order valence-electron chi connectivity index (χ1n) is 5.99. The number of nitrogens with zero attached hydrogens (tertiary/aromatic N) is 1. The van der Waals surface area contributed by atoms with E-state index in [1.54, 1.807) is 11.8 Å². The second kappa shape index (κ2) is 6.44. The number of carboxylic acids is 1. The van der Waals surface area contributed by atoms with E-state index in [9.17, 15) is 9.59 Å². The molecule has 0 spiro atoms. The van der Waals surface area contributed by atoms with Gasteiger partial charge in [0.05, 0.1) is 5.92 Å². The molecule has 3 N–H and O–H groups in total. The topological polar surface area (TPSA) is 81.7 Å². The van der Waals surface area contributed by atoms with Gasteiger partial charge in [0, 0.05) is 19.1 Å². The van der Waals surface area contributed by atoms with Crippen LogP contribution in [0.2, 0.25) is 0 Å². The Morgan fingerprint density at radius 1 is 1.41 bits per heavy atom. The number of carbonyl (C=O) groups excluding carboxylic acids is 1. The van der Waals surface area contributed by atoms with E-state index in [0.29, 0.717) is 19.5 Å². The third-order valence-electron chi connectivity index (χ3n) is 3.21. The summed E-state index contributed by atoms with van der Waals surface area (Å²) >= 11 is 0. The predicted molar refractivity (Wildman–Crippen MR) is 63.9 cm³/mol. The normalized spacial score (nSPS) is 23.8. The Morgan fingerprint density at radius 3 is 2.65 bits per heavy atom. The van der Waals surface area contributed by atoms with E-state index < -0.39 is 11.9 Å². The quantitative estimate of drug-likeness (QED) is 0.598. The van der Waals surface area contributed by atoms with E-state index in [0.717, 1.165) is 13.0 Å². The standard InChI is InChI=1S/C11H21N3O3/c1-8-9(10(15)16)4-7-14(8)11(17)13-6-3-5-12-2/h8-9,12H,3-7H2,1-2H3,(H,13,17)(H,15,16). The van der Waals surface area contributed by atoms with E-state index in [4.69, 9.17) is 5.11 Å². The second-order valence-electron chi connectivity index (χ2n) is 4.36. The molecule has 0 radical (unpaired) electrons. The first-order chi connectivity index (χ1) is 8.07. The minimum Gasteiger partial charge on any atom is -0.481 e. The number of rotatable bonds is 5. The summed E-state index contributed by atoms with van der Waals surface area (Å²) in [6, 6.07) is -0.380. The molecule has 6 nitrogen and oxygen atoms in total. The average Bonchev–Trinajstić information content (AvgIpc) is 2.66. The highest BCUT2D eigenvalue weighted by atomic mass is 16.4. The Morgan fingerprint density at radius 2 is 2.12 bits per heavy atom. The molecule has 1 saturated heterocycles. The van der Waals surface area contributed by atoms with Crippen LogP contribution in [0.3, 0.4) is 0 Å². The fraction of sp³-hybridized carbons (Fsp3) is 0.818. The maximum absolute atomic E-state index is 11.8. The Kier molecular flexibility index (Phi) is 5.21. The van der Waals surface area contributed by atoms with Gasteiger partial charge in [-0.2, -0.15) is 0 Å². The maximum Gasteiger partial charge on any atom is 0.317 e. The zero-order valence-corrected chi connectivity index (χ0v) is 10.4. The van der Waals surface area contributed by atoms with Crippen molar-refractivity contribution in [3.8, 4) is 0 Å². The molecule has 1 heterocycles. The predicted octanol–water partition coefficient (Wildman–Crippen LogP) is 0.101. The molecule has 0 aliphatic carbocycles. The van der Waals surface area contributed by atoms with E-state index >= 15 is 0 Å². The molecule has 98 valence electrons. The van der Waals surface area contributed by atoms with Crippen molar-refractivity contribution >= 4 is 12.0 Å². The molecular weight excluding hydrogens is 222 g/mol. The smallest absolute Gasteiger partial charge is 0.317 e. The van der Waals surface area contributed by atoms with Crippen molar-refractivity contribution in [2.24, 2.45) is 5.92 Å². The fourth-order valence-electron chi connectivity index (χ4n) is 2.12. The van der Waals surface area contributed by atoms with Gasteiger partial charge in [-0.25, -0.2) is 4.79 Å². The lowest BCUT2D eigenvalue weighted by Gasteiger charge is -2.23. The third kappa shape index (κ3) is 3.59. The van der Waals surface area contributed by atoms with Crippen LogP contribution in [0.15, 0.2) is 0 Å². The molecule has 2 unspecified atom stereocenters. The molecule has 2 amide bonds. The summed E-state index contributed by atoms with van der Waals surface area (Å²) in [7, 11) is 1.86. The van der Waals surface area contributed by atoms with Crippen LogP contribution in [-0.2, 0) is 4.79 Å². The number of carbonyl (C=O) groups is 2. The van der Waals surface area contributed by atoms with Gasteiger partial charge in [-0.05, 0) is 33.4 Å². The lowest BCUT2D eigenvalue weighted by molar-refractivity contribution is -0.142. The van der Waals surface area contributed by atoms with E-state index in [1.807, 2.05) is 7.05 Å². The summed E-state index contributed by atoms with van der Waals surface area (Å²) in [5, 5.41) is 14.8. The van der Waals surface area contributed by atoms with Gasteiger partial charge in [-0.3, -0.25) is 4.79 Å². The highest BCUT2D eigenvalue weighted by Crippen LogP contribution is 2.24. The van der Waals surface area contributed by atoms with Crippen LogP contribution in [0.5, 0.6) is 0 Å². The number of hydrogen-bond acceptors (Lipinski definition) is 3. The van der Waals surface area contributed by atoms with Crippen LogP contribution in [0.4, 0.5) is 4.79 Å². The van der Waals surface area contributed by atoms with Crippen molar-refractivity contribution in [3.63, 3.8) is 0 Å². The molecule has 17 heavy (non-hydrogen) atoms. The van der Waals surface area contributed by atoms with E-state index in [2.05, 4.69) is 10.6 Å². The summed E-state index contributed by atoms with van der Waals surface area (Å²) in [6.45, 7) is 3.78. The lowest BCUT2D eigenvalue weighted by Crippen LogP contribution is -2.44.